The molecular formula is C17H21N5O2S. The van der Waals surface area contributed by atoms with Crippen LogP contribution in [0.3, 0.4) is 0 Å². The Balaban J connectivity index is 1.39. The fourth-order valence-corrected chi connectivity index (χ4v) is 3.54. The van der Waals surface area contributed by atoms with Gasteiger partial charge in [0.1, 0.15) is 9.88 Å². The van der Waals surface area contributed by atoms with Crippen LogP contribution in [0.15, 0.2) is 30.7 Å². The minimum absolute atomic E-state index is 0.152. The molecule has 0 spiro atoms. The third-order valence-electron chi connectivity index (χ3n) is 3.95. The molecule has 1 aliphatic heterocycles. The van der Waals surface area contributed by atoms with E-state index < -0.39 is 0 Å². The van der Waals surface area contributed by atoms with Crippen LogP contribution < -0.4 is 10.6 Å². The molecule has 0 radical (unpaired) electrons. The summed E-state index contributed by atoms with van der Waals surface area (Å²) in [4.78, 5) is 35.2. The summed E-state index contributed by atoms with van der Waals surface area (Å²) in [6.07, 6.45) is 7.23. The zero-order chi connectivity index (χ0) is 17.5. The van der Waals surface area contributed by atoms with Crippen molar-refractivity contribution >= 4 is 23.2 Å². The summed E-state index contributed by atoms with van der Waals surface area (Å²) >= 11 is 1.43. The molecule has 0 aliphatic carbocycles. The minimum Gasteiger partial charge on any atom is -0.350 e. The Morgan fingerprint density at radius 1 is 1.12 bits per heavy atom. The summed E-state index contributed by atoms with van der Waals surface area (Å²) in [6, 6.07) is 3.40. The number of nitrogens with one attached hydrogen (secondary N) is 2. The Kier molecular flexibility index (Phi) is 6.08. The predicted molar refractivity (Wildman–Crippen MR) is 95.5 cm³/mol. The van der Waals surface area contributed by atoms with Crippen molar-refractivity contribution in [1.29, 1.82) is 0 Å². The smallest absolute Gasteiger partial charge is 0.263 e. The Labute approximate surface area is 150 Å². The quantitative estimate of drug-likeness (QED) is 0.728. The van der Waals surface area contributed by atoms with Gasteiger partial charge in [-0.15, -0.1) is 11.3 Å². The van der Waals surface area contributed by atoms with Crippen LogP contribution >= 0.6 is 11.3 Å². The summed E-state index contributed by atoms with van der Waals surface area (Å²) < 4.78 is 0. The van der Waals surface area contributed by atoms with Gasteiger partial charge in [0.15, 0.2) is 0 Å². The van der Waals surface area contributed by atoms with Crippen LogP contribution in [0.4, 0.5) is 0 Å². The first-order chi connectivity index (χ1) is 12.2. The number of pyridine rings is 1. The Hall–Kier alpha value is -2.32. The third kappa shape index (κ3) is 5.07. The first-order valence-electron chi connectivity index (χ1n) is 8.36. The van der Waals surface area contributed by atoms with Crippen LogP contribution in [0.1, 0.15) is 37.9 Å². The Morgan fingerprint density at radius 2 is 1.88 bits per heavy atom. The highest BCUT2D eigenvalue weighted by Gasteiger charge is 2.15. The van der Waals surface area contributed by atoms with Crippen LogP contribution in [0.25, 0.3) is 0 Å². The third-order valence-corrected chi connectivity index (χ3v) is 4.94. The molecule has 1 aliphatic rings. The molecule has 0 aromatic carbocycles. The average molecular weight is 359 g/mol. The number of rotatable bonds is 7. The molecular weight excluding hydrogens is 338 g/mol. The van der Waals surface area contributed by atoms with E-state index in [2.05, 4.69) is 25.5 Å². The van der Waals surface area contributed by atoms with Crippen molar-refractivity contribution < 1.29 is 9.59 Å². The van der Waals surface area contributed by atoms with E-state index in [9.17, 15) is 9.59 Å². The fraction of sp³-hybridized carbons (Fsp3) is 0.412. The van der Waals surface area contributed by atoms with Gasteiger partial charge < -0.3 is 10.6 Å². The van der Waals surface area contributed by atoms with Crippen molar-refractivity contribution in [3.63, 3.8) is 0 Å². The normalized spacial score (nSPS) is 14.4. The predicted octanol–water partition coefficient (Wildman–Crippen LogP) is 1.29. The van der Waals surface area contributed by atoms with E-state index in [1.54, 1.807) is 24.5 Å². The largest absolute Gasteiger partial charge is 0.350 e. The monoisotopic (exact) mass is 359 g/mol. The molecule has 0 unspecified atom stereocenters. The molecule has 1 fully saturated rings. The van der Waals surface area contributed by atoms with Crippen LogP contribution in [0.2, 0.25) is 0 Å². The summed E-state index contributed by atoms with van der Waals surface area (Å²) in [5, 5.41) is 6.52. The molecule has 7 nitrogen and oxygen atoms in total. The van der Waals surface area contributed by atoms with Crippen LogP contribution in [-0.2, 0) is 6.54 Å². The van der Waals surface area contributed by atoms with Crippen LogP contribution in [-0.4, -0.2) is 52.9 Å². The molecule has 8 heteroatoms. The summed E-state index contributed by atoms with van der Waals surface area (Å²) in [7, 11) is 0. The van der Waals surface area contributed by atoms with E-state index in [1.165, 1.54) is 30.4 Å². The number of aromatic nitrogens is 2. The van der Waals surface area contributed by atoms with Crippen molar-refractivity contribution in [3.05, 3.63) is 46.2 Å². The fourth-order valence-electron chi connectivity index (χ4n) is 2.66. The lowest BCUT2D eigenvalue weighted by Crippen LogP contribution is -2.34. The number of carbonyl (C=O) groups is 2. The number of hydrogen-bond acceptors (Lipinski definition) is 6. The number of thiazole rings is 1. The minimum atomic E-state index is -0.201. The van der Waals surface area contributed by atoms with E-state index >= 15 is 0 Å². The number of carbonyl (C=O) groups excluding carboxylic acids is 2. The van der Waals surface area contributed by atoms with Gasteiger partial charge in [-0.2, -0.15) is 0 Å². The highest BCUT2D eigenvalue weighted by molar-refractivity contribution is 7.13. The van der Waals surface area contributed by atoms with Gasteiger partial charge in [0.25, 0.3) is 11.8 Å². The first kappa shape index (κ1) is 17.5. The van der Waals surface area contributed by atoms with E-state index in [0.29, 0.717) is 23.5 Å². The molecule has 1 saturated heterocycles. The molecule has 3 heterocycles. The molecule has 2 aromatic rings. The van der Waals surface area contributed by atoms with Crippen molar-refractivity contribution in [2.45, 2.75) is 19.4 Å². The van der Waals surface area contributed by atoms with Gasteiger partial charge in [-0.1, -0.05) is 0 Å². The summed E-state index contributed by atoms with van der Waals surface area (Å²) in [5.74, 6) is -0.353. The zero-order valence-corrected chi connectivity index (χ0v) is 14.7. The number of amides is 2. The van der Waals surface area contributed by atoms with E-state index in [1.807, 2.05) is 0 Å². The second-order valence-corrected chi connectivity index (χ2v) is 6.97. The average Bonchev–Trinajstić information content (AvgIpc) is 3.31. The van der Waals surface area contributed by atoms with Gasteiger partial charge in [0, 0.05) is 25.5 Å². The molecule has 2 aromatic heterocycles. The maximum Gasteiger partial charge on any atom is 0.263 e. The van der Waals surface area contributed by atoms with Crippen molar-refractivity contribution in [1.82, 2.24) is 25.5 Å². The van der Waals surface area contributed by atoms with E-state index in [-0.39, 0.29) is 11.8 Å². The maximum absolute atomic E-state index is 12.1. The summed E-state index contributed by atoms with van der Waals surface area (Å²) in [5.41, 5.74) is 0.503. The molecule has 0 atom stereocenters. The highest BCUT2D eigenvalue weighted by atomic mass is 32.1. The van der Waals surface area contributed by atoms with Crippen molar-refractivity contribution in [3.8, 4) is 0 Å². The Bertz CT molecular complexity index is 713. The topological polar surface area (TPSA) is 87.2 Å². The maximum atomic E-state index is 12.1. The molecule has 2 N–H and O–H groups in total. The Morgan fingerprint density at radius 3 is 2.60 bits per heavy atom. The van der Waals surface area contributed by atoms with E-state index in [4.69, 9.17) is 0 Å². The number of hydrogen-bond donors (Lipinski definition) is 2. The zero-order valence-electron chi connectivity index (χ0n) is 13.9. The second kappa shape index (κ2) is 8.68. The molecule has 3 rings (SSSR count). The van der Waals surface area contributed by atoms with Gasteiger partial charge in [0.05, 0.1) is 18.3 Å². The van der Waals surface area contributed by atoms with E-state index in [0.717, 1.165) is 24.6 Å². The lowest BCUT2D eigenvalue weighted by atomic mass is 10.3. The van der Waals surface area contributed by atoms with Crippen LogP contribution in [0, 0.1) is 0 Å². The molecule has 132 valence electrons. The standard InChI is InChI=1S/C17H21N5O2S/c23-16(13-4-3-5-18-10-13)19-6-7-20-17(24)14-11-21-15(25-14)12-22-8-1-2-9-22/h3-5,10-11H,1-2,6-9,12H2,(H,19,23)(H,20,24). The number of nitrogens with zero attached hydrogens (tertiary/aromatic N) is 3. The first-order valence-corrected chi connectivity index (χ1v) is 9.17. The van der Waals surface area contributed by atoms with Gasteiger partial charge in [-0.05, 0) is 38.1 Å². The van der Waals surface area contributed by atoms with Gasteiger partial charge >= 0.3 is 0 Å². The lowest BCUT2D eigenvalue weighted by molar-refractivity contribution is 0.0929. The second-order valence-electron chi connectivity index (χ2n) is 5.86. The SMILES string of the molecule is O=C(NCCNC(=O)c1cnc(CN2CCCC2)s1)c1cccnc1. The van der Waals surface area contributed by atoms with Gasteiger partial charge in [-0.3, -0.25) is 19.5 Å². The van der Waals surface area contributed by atoms with Crippen molar-refractivity contribution in [2.24, 2.45) is 0 Å². The van der Waals surface area contributed by atoms with Gasteiger partial charge in [-0.25, -0.2) is 4.98 Å². The molecule has 25 heavy (non-hydrogen) atoms. The summed E-state index contributed by atoms with van der Waals surface area (Å²) in [6.45, 7) is 3.76. The molecule has 0 saturated carbocycles. The molecule has 0 bridgehead atoms. The van der Waals surface area contributed by atoms with Crippen LogP contribution in [0.5, 0.6) is 0 Å². The van der Waals surface area contributed by atoms with Gasteiger partial charge in [0.2, 0.25) is 0 Å². The highest BCUT2D eigenvalue weighted by Crippen LogP contribution is 2.17. The lowest BCUT2D eigenvalue weighted by Gasteiger charge is -2.11. The van der Waals surface area contributed by atoms with Crippen molar-refractivity contribution in [2.75, 3.05) is 26.2 Å². The number of likely N-dealkylation sites (tertiary alicyclic amines) is 1. The molecule has 2 amide bonds.